The normalized spacial score (nSPS) is 37.9. The highest BCUT2D eigenvalue weighted by Gasteiger charge is 2.56. The first-order chi connectivity index (χ1) is 11.2. The molecule has 0 amide bonds. The lowest BCUT2D eigenvalue weighted by atomic mass is 9.52. The molecule has 5 heteroatoms. The second-order valence-corrected chi connectivity index (χ2v) is 7.73. The molecule has 4 bridgehead atoms. The summed E-state index contributed by atoms with van der Waals surface area (Å²) >= 11 is 0. The lowest BCUT2D eigenvalue weighted by molar-refractivity contribution is -0.133. The fourth-order valence-corrected chi connectivity index (χ4v) is 5.65. The molecule has 4 aliphatic rings. The molecule has 6 rings (SSSR count). The number of aliphatic hydroxyl groups is 1. The summed E-state index contributed by atoms with van der Waals surface area (Å²) < 4.78 is 0. The summed E-state index contributed by atoms with van der Waals surface area (Å²) in [5, 5.41) is 25.2. The van der Waals surface area contributed by atoms with E-state index in [1.165, 1.54) is 19.3 Å². The second-order valence-electron chi connectivity index (χ2n) is 7.73. The Labute approximate surface area is 134 Å². The van der Waals surface area contributed by atoms with Crippen molar-refractivity contribution in [3.8, 4) is 6.07 Å². The Kier molecular flexibility index (Phi) is 2.61. The van der Waals surface area contributed by atoms with Gasteiger partial charge < -0.3 is 15.4 Å². The largest absolute Gasteiger partial charge is 0.388 e. The Morgan fingerprint density at radius 3 is 2.78 bits per heavy atom. The number of anilines is 1. The van der Waals surface area contributed by atoms with E-state index >= 15 is 0 Å². The van der Waals surface area contributed by atoms with Crippen molar-refractivity contribution < 1.29 is 5.11 Å². The highest BCUT2D eigenvalue weighted by molar-refractivity contribution is 5.92. The van der Waals surface area contributed by atoms with E-state index < -0.39 is 5.60 Å². The van der Waals surface area contributed by atoms with Crippen molar-refractivity contribution in [3.63, 3.8) is 0 Å². The first-order valence-electron chi connectivity index (χ1n) is 8.51. The molecule has 0 saturated heterocycles. The van der Waals surface area contributed by atoms with Crippen molar-refractivity contribution in [2.45, 2.75) is 43.7 Å². The molecule has 2 aromatic heterocycles. The predicted octanol–water partition coefficient (Wildman–Crippen LogP) is 2.79. The van der Waals surface area contributed by atoms with Crippen molar-refractivity contribution in [3.05, 3.63) is 24.0 Å². The van der Waals surface area contributed by atoms with E-state index in [1.807, 2.05) is 12.3 Å². The van der Waals surface area contributed by atoms with E-state index in [0.29, 0.717) is 23.3 Å². The van der Waals surface area contributed by atoms with Crippen molar-refractivity contribution in [2.75, 3.05) is 5.32 Å². The number of H-pyrrole nitrogens is 1. The zero-order chi connectivity index (χ0) is 15.6. The number of nitrogens with zero attached hydrogens (tertiary/aromatic N) is 2. The van der Waals surface area contributed by atoms with Crippen LogP contribution in [-0.2, 0) is 0 Å². The molecule has 0 aliphatic heterocycles. The minimum atomic E-state index is -0.618. The maximum absolute atomic E-state index is 11.2. The number of fused-ring (bicyclic) bond motifs is 1. The fraction of sp³-hybridized carbons (Fsp3) is 0.556. The van der Waals surface area contributed by atoms with E-state index in [0.717, 1.165) is 29.6 Å². The highest BCUT2D eigenvalue weighted by Crippen LogP contribution is 2.56. The van der Waals surface area contributed by atoms with E-state index in [4.69, 9.17) is 0 Å². The maximum atomic E-state index is 11.2. The third-order valence-electron chi connectivity index (χ3n) is 6.28. The van der Waals surface area contributed by atoms with Crippen LogP contribution in [0.2, 0.25) is 0 Å². The van der Waals surface area contributed by atoms with Gasteiger partial charge in [0.15, 0.2) is 0 Å². The van der Waals surface area contributed by atoms with Gasteiger partial charge in [-0.15, -0.1) is 0 Å². The molecule has 3 N–H and O–H groups in total. The topological polar surface area (TPSA) is 84.7 Å². The highest BCUT2D eigenvalue weighted by atomic mass is 16.3. The van der Waals surface area contributed by atoms with Crippen LogP contribution in [0.4, 0.5) is 5.69 Å². The average molecular weight is 308 g/mol. The molecule has 23 heavy (non-hydrogen) atoms. The molecule has 2 heterocycles. The lowest BCUT2D eigenvalue weighted by Crippen LogP contribution is -2.63. The van der Waals surface area contributed by atoms with Crippen LogP contribution in [0.1, 0.15) is 37.7 Å². The average Bonchev–Trinajstić information content (AvgIpc) is 2.98. The Hall–Kier alpha value is -2.06. The first kappa shape index (κ1) is 13.4. The number of rotatable bonds is 2. The van der Waals surface area contributed by atoms with Gasteiger partial charge in [0, 0.05) is 17.8 Å². The molecule has 0 radical (unpaired) electrons. The molecular weight excluding hydrogens is 288 g/mol. The fourth-order valence-electron chi connectivity index (χ4n) is 5.65. The van der Waals surface area contributed by atoms with Crippen molar-refractivity contribution in [2.24, 2.45) is 17.8 Å². The van der Waals surface area contributed by atoms with Crippen molar-refractivity contribution in [1.29, 1.82) is 5.26 Å². The van der Waals surface area contributed by atoms with Crippen LogP contribution >= 0.6 is 0 Å². The summed E-state index contributed by atoms with van der Waals surface area (Å²) in [6, 6.07) is 4.24. The van der Waals surface area contributed by atoms with Crippen LogP contribution in [0.25, 0.3) is 11.0 Å². The van der Waals surface area contributed by atoms with Gasteiger partial charge in [-0.1, -0.05) is 0 Å². The smallest absolute Gasteiger partial charge is 0.139 e. The van der Waals surface area contributed by atoms with Crippen LogP contribution in [0, 0.1) is 29.1 Å². The van der Waals surface area contributed by atoms with Gasteiger partial charge >= 0.3 is 0 Å². The molecule has 5 atom stereocenters. The SMILES string of the molecule is N#Cc1cnc2[nH]ccc2c1N[C@@H]1C2CC3C[C@@H](C2)CC1(O)C3. The van der Waals surface area contributed by atoms with Crippen molar-refractivity contribution >= 4 is 16.7 Å². The van der Waals surface area contributed by atoms with Gasteiger partial charge in [0.2, 0.25) is 0 Å². The zero-order valence-electron chi connectivity index (χ0n) is 12.9. The molecule has 4 aliphatic carbocycles. The summed E-state index contributed by atoms with van der Waals surface area (Å²) in [5.41, 5.74) is 1.54. The maximum Gasteiger partial charge on any atom is 0.139 e. The molecule has 4 fully saturated rings. The third kappa shape index (κ3) is 1.85. The molecule has 3 unspecified atom stereocenters. The molecule has 0 aromatic carbocycles. The van der Waals surface area contributed by atoms with Crippen LogP contribution in [-0.4, -0.2) is 26.7 Å². The van der Waals surface area contributed by atoms with Crippen LogP contribution in [0.5, 0.6) is 0 Å². The van der Waals surface area contributed by atoms with Crippen LogP contribution in [0.3, 0.4) is 0 Å². The van der Waals surface area contributed by atoms with Crippen LogP contribution in [0.15, 0.2) is 18.5 Å². The molecule has 0 spiro atoms. The minimum Gasteiger partial charge on any atom is -0.388 e. The summed E-state index contributed by atoms with van der Waals surface area (Å²) in [5.74, 6) is 1.89. The Bertz CT molecular complexity index is 806. The second kappa shape index (κ2) is 4.48. The number of hydrogen-bond acceptors (Lipinski definition) is 4. The molecule has 4 saturated carbocycles. The number of nitriles is 1. The van der Waals surface area contributed by atoms with Gasteiger partial charge in [-0.05, 0) is 55.9 Å². The standard InChI is InChI=1S/C18H20N4O/c19-8-13-9-21-17-14(1-2-20-17)15(13)22-16-12-4-10-3-11(5-12)7-18(16,23)6-10/h1-2,9-12,16,23H,3-7H2,(H2,20,21,22)/t10-,11?,12?,16+,18?/m0/s1. The number of aromatic amines is 1. The molecule has 5 nitrogen and oxygen atoms in total. The van der Waals surface area contributed by atoms with Gasteiger partial charge in [0.1, 0.15) is 11.7 Å². The lowest BCUT2D eigenvalue weighted by Gasteiger charge is -2.59. The van der Waals surface area contributed by atoms with Gasteiger partial charge in [0.25, 0.3) is 0 Å². The van der Waals surface area contributed by atoms with E-state index in [1.54, 1.807) is 6.20 Å². The van der Waals surface area contributed by atoms with E-state index in [-0.39, 0.29) is 6.04 Å². The summed E-state index contributed by atoms with van der Waals surface area (Å²) in [6.45, 7) is 0. The zero-order valence-corrected chi connectivity index (χ0v) is 12.9. The van der Waals surface area contributed by atoms with Gasteiger partial charge in [-0.3, -0.25) is 0 Å². The number of nitrogens with one attached hydrogen (secondary N) is 2. The third-order valence-corrected chi connectivity index (χ3v) is 6.28. The van der Waals surface area contributed by atoms with Gasteiger partial charge in [0.05, 0.1) is 22.9 Å². The van der Waals surface area contributed by atoms with E-state index in [2.05, 4.69) is 21.4 Å². The van der Waals surface area contributed by atoms with Gasteiger partial charge in [-0.2, -0.15) is 5.26 Å². The monoisotopic (exact) mass is 308 g/mol. The molecular formula is C18H20N4O. The number of pyridine rings is 1. The Morgan fingerprint density at radius 1 is 1.30 bits per heavy atom. The summed E-state index contributed by atoms with van der Waals surface area (Å²) in [4.78, 5) is 7.39. The van der Waals surface area contributed by atoms with Gasteiger partial charge in [-0.25, -0.2) is 4.98 Å². The number of hydrogen-bond donors (Lipinski definition) is 3. The summed E-state index contributed by atoms with van der Waals surface area (Å²) in [6.07, 6.45) is 8.98. The molecule has 118 valence electrons. The quantitative estimate of drug-likeness (QED) is 0.796. The Morgan fingerprint density at radius 2 is 2.09 bits per heavy atom. The number of aromatic nitrogens is 2. The molecule has 2 aromatic rings. The summed E-state index contributed by atoms with van der Waals surface area (Å²) in [7, 11) is 0. The first-order valence-corrected chi connectivity index (χ1v) is 8.51. The van der Waals surface area contributed by atoms with E-state index in [9.17, 15) is 10.4 Å². The Balaban J connectivity index is 1.57. The predicted molar refractivity (Wildman–Crippen MR) is 86.7 cm³/mol. The van der Waals surface area contributed by atoms with Crippen LogP contribution < -0.4 is 5.32 Å². The van der Waals surface area contributed by atoms with Crippen molar-refractivity contribution in [1.82, 2.24) is 9.97 Å². The minimum absolute atomic E-state index is 0.0444.